The van der Waals surface area contributed by atoms with Crippen LogP contribution in [0.5, 0.6) is 0 Å². The summed E-state index contributed by atoms with van der Waals surface area (Å²) in [5.74, 6) is 0.505. The molecule has 1 fully saturated rings. The highest BCUT2D eigenvalue weighted by atomic mass is 19.4. The summed E-state index contributed by atoms with van der Waals surface area (Å²) in [5, 5.41) is 3.08. The van der Waals surface area contributed by atoms with Gasteiger partial charge < -0.3 is 15.1 Å². The molecule has 0 bridgehead atoms. The van der Waals surface area contributed by atoms with Crippen LogP contribution in [0.4, 0.5) is 24.7 Å². The Hall–Kier alpha value is -2.77. The number of nitrogens with zero attached hydrogens (tertiary/aromatic N) is 3. The maximum Gasteiger partial charge on any atom is 0.417 e. The Morgan fingerprint density at radius 2 is 1.86 bits per heavy atom. The van der Waals surface area contributed by atoms with Crippen molar-refractivity contribution in [3.8, 4) is 0 Å². The fourth-order valence-electron chi connectivity index (χ4n) is 3.46. The SMILES string of the molecule is CCN(CC(=O)NC1CCN(c2ccc(C(F)(F)F)cn2)CC1)c1ccccc1. The number of carbonyl (C=O) groups excluding carboxylic acids is 1. The summed E-state index contributed by atoms with van der Waals surface area (Å²) in [7, 11) is 0. The van der Waals surface area contributed by atoms with Crippen LogP contribution in [0.25, 0.3) is 0 Å². The topological polar surface area (TPSA) is 48.5 Å². The quantitative estimate of drug-likeness (QED) is 0.795. The van der Waals surface area contributed by atoms with Gasteiger partial charge in [-0.1, -0.05) is 18.2 Å². The van der Waals surface area contributed by atoms with E-state index >= 15 is 0 Å². The number of hydrogen-bond donors (Lipinski definition) is 1. The van der Waals surface area contributed by atoms with Crippen molar-refractivity contribution >= 4 is 17.4 Å². The van der Waals surface area contributed by atoms with E-state index in [1.165, 1.54) is 6.07 Å². The number of anilines is 2. The molecule has 3 rings (SSSR count). The third-order valence-electron chi connectivity index (χ3n) is 5.10. The minimum absolute atomic E-state index is 0.0261. The monoisotopic (exact) mass is 406 g/mol. The molecule has 0 saturated carbocycles. The molecule has 1 saturated heterocycles. The zero-order valence-corrected chi connectivity index (χ0v) is 16.3. The maximum absolute atomic E-state index is 12.7. The van der Waals surface area contributed by atoms with Gasteiger partial charge >= 0.3 is 6.18 Å². The average Bonchev–Trinajstić information content (AvgIpc) is 2.73. The molecule has 0 radical (unpaired) electrons. The first-order chi connectivity index (χ1) is 13.9. The Balaban J connectivity index is 1.48. The number of benzene rings is 1. The molecule has 2 aromatic rings. The third kappa shape index (κ3) is 5.62. The number of piperidine rings is 1. The van der Waals surface area contributed by atoms with Crippen molar-refractivity contribution in [3.05, 3.63) is 54.2 Å². The van der Waals surface area contributed by atoms with Gasteiger partial charge in [-0.2, -0.15) is 13.2 Å². The molecular formula is C21H25F3N4O. The normalized spacial score (nSPS) is 15.2. The second kappa shape index (κ2) is 9.15. The molecule has 156 valence electrons. The van der Waals surface area contributed by atoms with Gasteiger partial charge in [0.15, 0.2) is 0 Å². The molecule has 1 aliphatic heterocycles. The van der Waals surface area contributed by atoms with E-state index in [4.69, 9.17) is 0 Å². The predicted octanol–water partition coefficient (Wildman–Crippen LogP) is 3.71. The van der Waals surface area contributed by atoms with Crippen molar-refractivity contribution in [3.63, 3.8) is 0 Å². The van der Waals surface area contributed by atoms with Crippen molar-refractivity contribution in [2.45, 2.75) is 32.0 Å². The molecule has 0 aliphatic carbocycles. The highest BCUT2D eigenvalue weighted by Crippen LogP contribution is 2.29. The summed E-state index contributed by atoms with van der Waals surface area (Å²) in [6.45, 7) is 4.31. The molecule has 8 heteroatoms. The summed E-state index contributed by atoms with van der Waals surface area (Å²) in [4.78, 5) is 20.4. The number of aromatic nitrogens is 1. The zero-order chi connectivity index (χ0) is 20.9. The van der Waals surface area contributed by atoms with Gasteiger partial charge in [0.05, 0.1) is 12.1 Å². The van der Waals surface area contributed by atoms with Crippen LogP contribution in [0, 0.1) is 0 Å². The molecule has 5 nitrogen and oxygen atoms in total. The van der Waals surface area contributed by atoms with E-state index in [0.29, 0.717) is 25.5 Å². The van der Waals surface area contributed by atoms with Crippen LogP contribution in [0.3, 0.4) is 0 Å². The lowest BCUT2D eigenvalue weighted by atomic mass is 10.0. The Morgan fingerprint density at radius 1 is 1.17 bits per heavy atom. The Bertz CT molecular complexity index is 788. The highest BCUT2D eigenvalue weighted by Gasteiger charge is 2.31. The lowest BCUT2D eigenvalue weighted by Crippen LogP contribution is -2.47. The lowest BCUT2D eigenvalue weighted by Gasteiger charge is -2.33. The standard InChI is InChI=1S/C21H25F3N4O/c1-2-27(18-6-4-3-5-7-18)15-20(29)26-17-10-12-28(13-11-17)19-9-8-16(14-25-19)21(22,23)24/h3-9,14,17H,2,10-13,15H2,1H3,(H,26,29). The second-order valence-electron chi connectivity index (χ2n) is 7.08. The fourth-order valence-corrected chi connectivity index (χ4v) is 3.46. The van der Waals surface area contributed by atoms with Gasteiger partial charge in [0.1, 0.15) is 5.82 Å². The number of rotatable bonds is 6. The van der Waals surface area contributed by atoms with Crippen LogP contribution in [0.15, 0.2) is 48.7 Å². The number of pyridine rings is 1. The molecule has 0 spiro atoms. The fraction of sp³-hybridized carbons (Fsp3) is 0.429. The van der Waals surface area contributed by atoms with Crippen molar-refractivity contribution in [1.29, 1.82) is 0 Å². The van der Waals surface area contributed by atoms with Crippen molar-refractivity contribution < 1.29 is 18.0 Å². The van der Waals surface area contributed by atoms with Crippen LogP contribution in [-0.2, 0) is 11.0 Å². The van der Waals surface area contributed by atoms with E-state index in [9.17, 15) is 18.0 Å². The summed E-state index contributed by atoms with van der Waals surface area (Å²) < 4.78 is 38.0. The summed E-state index contributed by atoms with van der Waals surface area (Å²) >= 11 is 0. The van der Waals surface area contributed by atoms with Crippen molar-refractivity contribution in [2.75, 3.05) is 36.0 Å². The molecule has 1 aliphatic rings. The Labute approximate surface area is 168 Å². The predicted molar refractivity (Wildman–Crippen MR) is 107 cm³/mol. The van der Waals surface area contributed by atoms with E-state index in [0.717, 1.165) is 37.3 Å². The number of nitrogens with one attached hydrogen (secondary N) is 1. The first-order valence-corrected chi connectivity index (χ1v) is 9.74. The smallest absolute Gasteiger partial charge is 0.363 e. The van der Waals surface area contributed by atoms with Gasteiger partial charge in [-0.05, 0) is 44.0 Å². The highest BCUT2D eigenvalue weighted by molar-refractivity contribution is 5.81. The van der Waals surface area contributed by atoms with Gasteiger partial charge in [0, 0.05) is 37.6 Å². The number of halogens is 3. The van der Waals surface area contributed by atoms with E-state index < -0.39 is 11.7 Å². The Kier molecular flexibility index (Phi) is 6.61. The number of para-hydroxylation sites is 1. The number of hydrogen-bond acceptors (Lipinski definition) is 4. The molecule has 1 N–H and O–H groups in total. The summed E-state index contributed by atoms with van der Waals surface area (Å²) in [5.41, 5.74) is 0.260. The molecule has 1 aromatic heterocycles. The Morgan fingerprint density at radius 3 is 2.41 bits per heavy atom. The van der Waals surface area contributed by atoms with E-state index in [1.807, 2.05) is 47.1 Å². The van der Waals surface area contributed by atoms with Crippen LogP contribution < -0.4 is 15.1 Å². The minimum Gasteiger partial charge on any atom is -0.363 e. The van der Waals surface area contributed by atoms with Crippen molar-refractivity contribution in [2.24, 2.45) is 0 Å². The summed E-state index contributed by atoms with van der Waals surface area (Å²) in [6, 6.07) is 12.3. The van der Waals surface area contributed by atoms with Gasteiger partial charge in [-0.15, -0.1) is 0 Å². The number of amides is 1. The van der Waals surface area contributed by atoms with Gasteiger partial charge in [0.2, 0.25) is 5.91 Å². The van der Waals surface area contributed by atoms with E-state index in [1.54, 1.807) is 0 Å². The van der Waals surface area contributed by atoms with Crippen LogP contribution >= 0.6 is 0 Å². The number of alkyl halides is 3. The molecule has 1 aromatic carbocycles. The third-order valence-corrected chi connectivity index (χ3v) is 5.10. The van der Waals surface area contributed by atoms with Gasteiger partial charge in [-0.25, -0.2) is 4.98 Å². The molecule has 0 atom stereocenters. The van der Waals surface area contributed by atoms with Crippen molar-refractivity contribution in [1.82, 2.24) is 10.3 Å². The number of likely N-dealkylation sites (N-methyl/N-ethyl adjacent to an activating group) is 1. The second-order valence-corrected chi connectivity index (χ2v) is 7.08. The lowest BCUT2D eigenvalue weighted by molar-refractivity contribution is -0.137. The van der Waals surface area contributed by atoms with E-state index in [2.05, 4.69) is 10.3 Å². The van der Waals surface area contributed by atoms with E-state index in [-0.39, 0.29) is 11.9 Å². The molecule has 0 unspecified atom stereocenters. The molecule has 2 heterocycles. The molecular weight excluding hydrogens is 381 g/mol. The largest absolute Gasteiger partial charge is 0.417 e. The van der Waals surface area contributed by atoms with Gasteiger partial charge in [-0.3, -0.25) is 4.79 Å². The maximum atomic E-state index is 12.7. The first kappa shape index (κ1) is 21.0. The van der Waals surface area contributed by atoms with Crippen LogP contribution in [0.1, 0.15) is 25.3 Å². The van der Waals surface area contributed by atoms with Crippen LogP contribution in [-0.4, -0.2) is 43.1 Å². The molecule has 29 heavy (non-hydrogen) atoms. The van der Waals surface area contributed by atoms with Crippen LogP contribution in [0.2, 0.25) is 0 Å². The number of carbonyl (C=O) groups is 1. The van der Waals surface area contributed by atoms with Gasteiger partial charge in [0.25, 0.3) is 0 Å². The average molecular weight is 406 g/mol. The minimum atomic E-state index is -4.38. The zero-order valence-electron chi connectivity index (χ0n) is 16.3. The first-order valence-electron chi connectivity index (χ1n) is 9.74. The molecule has 1 amide bonds. The summed E-state index contributed by atoms with van der Waals surface area (Å²) in [6.07, 6.45) is -2.06.